The number of phenolic OH excluding ortho intramolecular Hbond substituents is 2. The largest absolute Gasteiger partial charge is 0.507 e. The van der Waals surface area contributed by atoms with Gasteiger partial charge in [0.25, 0.3) is 0 Å². The van der Waals surface area contributed by atoms with E-state index < -0.39 is 95.7 Å². The minimum Gasteiger partial charge on any atom is -0.507 e. The minimum absolute atomic E-state index is 0.0488. The Morgan fingerprint density at radius 1 is 1.18 bits per heavy atom. The Balaban J connectivity index is 1.30. The highest BCUT2D eigenvalue weighted by atomic mass is 16.7. The van der Waals surface area contributed by atoms with E-state index in [0.29, 0.717) is 13.2 Å². The average molecular weight is 683 g/mol. The van der Waals surface area contributed by atoms with Gasteiger partial charge in [-0.15, -0.1) is 0 Å². The Labute approximate surface area is 282 Å². The molecule has 264 valence electrons. The third-order valence-electron chi connectivity index (χ3n) is 10.1. The third kappa shape index (κ3) is 6.11. The Kier molecular flexibility index (Phi) is 9.83. The fourth-order valence-electron chi connectivity index (χ4n) is 7.47. The molecule has 0 aromatic heterocycles. The number of ether oxygens (including phenoxy) is 4. The molecule has 0 radical (unpaired) electrons. The number of benzene rings is 2. The summed E-state index contributed by atoms with van der Waals surface area (Å²) in [4.78, 5) is 42.5. The van der Waals surface area contributed by atoms with Crippen molar-refractivity contribution >= 4 is 17.3 Å². The molecular formula is C35H42N2O12. The van der Waals surface area contributed by atoms with E-state index in [4.69, 9.17) is 18.9 Å². The topological polar surface area (TPSA) is 205 Å². The molecule has 14 heteroatoms. The number of carbonyl (C=O) groups is 3. The molecule has 7 atom stereocenters. The van der Waals surface area contributed by atoms with Gasteiger partial charge in [0, 0.05) is 48.5 Å². The SMILES string of the molecule is C=CN1CCOC1CCCN[C@H]1C[C@H](O[C@H]2C[C@](O)(C(=O)CO)Cc3c(O)c4c(c(O)c32)C(=O)c2c(OC)cccc2C4=O)O[C@@H](C)[C@H]1O. The maximum Gasteiger partial charge on any atom is 0.202 e. The lowest BCUT2D eigenvalue weighted by Gasteiger charge is -2.43. The van der Waals surface area contributed by atoms with E-state index in [1.807, 2.05) is 4.90 Å². The molecule has 2 aliphatic carbocycles. The van der Waals surface area contributed by atoms with E-state index >= 15 is 0 Å². The van der Waals surface area contributed by atoms with Crippen LogP contribution in [0, 0.1) is 0 Å². The molecule has 0 saturated carbocycles. The van der Waals surface area contributed by atoms with E-state index in [1.165, 1.54) is 25.3 Å². The molecule has 2 heterocycles. The van der Waals surface area contributed by atoms with Crippen LogP contribution in [0.5, 0.6) is 17.2 Å². The molecule has 2 aromatic carbocycles. The van der Waals surface area contributed by atoms with Crippen LogP contribution in [0.2, 0.25) is 0 Å². The maximum absolute atomic E-state index is 13.9. The highest BCUT2D eigenvalue weighted by Crippen LogP contribution is 2.52. The number of nitrogens with zero attached hydrogens (tertiary/aromatic N) is 1. The molecule has 2 aromatic rings. The molecule has 1 unspecified atom stereocenters. The summed E-state index contributed by atoms with van der Waals surface area (Å²) in [6, 6.07) is 3.92. The summed E-state index contributed by atoms with van der Waals surface area (Å²) in [6.07, 6.45) is -1.73. The molecule has 6 rings (SSSR count). The molecule has 49 heavy (non-hydrogen) atoms. The lowest BCUT2D eigenvalue weighted by molar-refractivity contribution is -0.249. The summed E-state index contributed by atoms with van der Waals surface area (Å²) >= 11 is 0. The Bertz CT molecular complexity index is 1660. The van der Waals surface area contributed by atoms with Crippen molar-refractivity contribution in [1.82, 2.24) is 10.2 Å². The quantitative estimate of drug-likeness (QED) is 0.124. The summed E-state index contributed by atoms with van der Waals surface area (Å²) in [6.45, 7) is 6.42. The molecular weight excluding hydrogens is 640 g/mol. The van der Waals surface area contributed by atoms with Crippen molar-refractivity contribution in [1.29, 1.82) is 0 Å². The number of aromatic hydroxyl groups is 2. The lowest BCUT2D eigenvalue weighted by atomic mass is 9.72. The van der Waals surface area contributed by atoms with Crippen LogP contribution >= 0.6 is 0 Å². The second kappa shape index (κ2) is 13.8. The number of nitrogens with one attached hydrogen (secondary N) is 1. The van der Waals surface area contributed by atoms with Crippen LogP contribution in [0.4, 0.5) is 0 Å². The van der Waals surface area contributed by atoms with Gasteiger partial charge in [-0.25, -0.2) is 0 Å². The average Bonchev–Trinajstić information content (AvgIpc) is 3.55. The predicted octanol–water partition coefficient (Wildman–Crippen LogP) is 1.21. The number of methoxy groups -OCH3 is 1. The number of hydrogen-bond donors (Lipinski definition) is 6. The molecule has 2 fully saturated rings. The van der Waals surface area contributed by atoms with Crippen LogP contribution in [0.15, 0.2) is 31.0 Å². The Morgan fingerprint density at radius 2 is 1.94 bits per heavy atom. The number of phenols is 2. The molecule has 6 N–H and O–H groups in total. The summed E-state index contributed by atoms with van der Waals surface area (Å²) < 4.78 is 23.4. The van der Waals surface area contributed by atoms with Gasteiger partial charge in [0.05, 0.1) is 48.7 Å². The normalized spacial score (nSPS) is 29.3. The van der Waals surface area contributed by atoms with E-state index in [0.717, 1.165) is 19.4 Å². The highest BCUT2D eigenvalue weighted by molar-refractivity contribution is 6.31. The fourth-order valence-corrected chi connectivity index (χ4v) is 7.47. The first-order chi connectivity index (χ1) is 23.4. The molecule has 2 aliphatic heterocycles. The number of fused-ring (bicyclic) bond motifs is 3. The zero-order valence-corrected chi connectivity index (χ0v) is 27.4. The second-order valence-electron chi connectivity index (χ2n) is 12.9. The number of aliphatic hydroxyl groups excluding tert-OH is 2. The van der Waals surface area contributed by atoms with Crippen LogP contribution in [0.25, 0.3) is 0 Å². The van der Waals surface area contributed by atoms with Gasteiger partial charge in [0.1, 0.15) is 35.7 Å². The predicted molar refractivity (Wildman–Crippen MR) is 171 cm³/mol. The second-order valence-corrected chi connectivity index (χ2v) is 12.9. The summed E-state index contributed by atoms with van der Waals surface area (Å²) in [5, 5.41) is 58.8. The Morgan fingerprint density at radius 3 is 2.65 bits per heavy atom. The van der Waals surface area contributed by atoms with Gasteiger partial charge in [-0.2, -0.15) is 0 Å². The van der Waals surface area contributed by atoms with E-state index in [9.17, 15) is 39.9 Å². The first-order valence-electron chi connectivity index (χ1n) is 16.4. The van der Waals surface area contributed by atoms with Crippen molar-refractivity contribution in [2.24, 2.45) is 0 Å². The van der Waals surface area contributed by atoms with Crippen molar-refractivity contribution in [2.45, 2.75) is 81.5 Å². The van der Waals surface area contributed by atoms with Crippen LogP contribution in [-0.4, -0.2) is 118 Å². The fraction of sp³-hybridized carbons (Fsp3) is 0.514. The van der Waals surface area contributed by atoms with Gasteiger partial charge >= 0.3 is 0 Å². The van der Waals surface area contributed by atoms with E-state index in [2.05, 4.69) is 11.9 Å². The van der Waals surface area contributed by atoms with Crippen LogP contribution in [0.1, 0.15) is 81.7 Å². The monoisotopic (exact) mass is 682 g/mol. The summed E-state index contributed by atoms with van der Waals surface area (Å²) in [5.41, 5.74) is -3.59. The van der Waals surface area contributed by atoms with Gasteiger partial charge < -0.3 is 54.7 Å². The van der Waals surface area contributed by atoms with Crippen molar-refractivity contribution < 1.29 is 58.9 Å². The first kappa shape index (κ1) is 35.0. The van der Waals surface area contributed by atoms with Gasteiger partial charge in [0.2, 0.25) is 5.78 Å². The van der Waals surface area contributed by atoms with Crippen molar-refractivity contribution in [2.75, 3.05) is 33.4 Å². The van der Waals surface area contributed by atoms with Crippen LogP contribution in [-0.2, 0) is 25.4 Å². The maximum atomic E-state index is 13.9. The van der Waals surface area contributed by atoms with Crippen molar-refractivity contribution in [3.63, 3.8) is 0 Å². The number of rotatable bonds is 11. The molecule has 0 amide bonds. The lowest BCUT2D eigenvalue weighted by Crippen LogP contribution is -2.54. The number of carbonyl (C=O) groups excluding carboxylic acids is 3. The molecule has 4 aliphatic rings. The minimum atomic E-state index is -2.26. The van der Waals surface area contributed by atoms with Gasteiger partial charge in [-0.1, -0.05) is 18.7 Å². The van der Waals surface area contributed by atoms with Crippen molar-refractivity contribution in [3.05, 3.63) is 64.4 Å². The molecule has 14 nitrogen and oxygen atoms in total. The smallest absolute Gasteiger partial charge is 0.202 e. The van der Waals surface area contributed by atoms with Gasteiger partial charge in [-0.3, -0.25) is 14.4 Å². The summed E-state index contributed by atoms with van der Waals surface area (Å²) in [5.74, 6) is -3.73. The first-order valence-corrected chi connectivity index (χ1v) is 16.4. The van der Waals surface area contributed by atoms with Crippen LogP contribution in [0.3, 0.4) is 0 Å². The van der Waals surface area contributed by atoms with Crippen LogP contribution < -0.4 is 10.1 Å². The highest BCUT2D eigenvalue weighted by Gasteiger charge is 2.50. The number of Topliss-reactive ketones (excluding diaryl/α,β-unsaturated/α-hetero) is 1. The number of ketones is 3. The van der Waals surface area contributed by atoms with E-state index in [1.54, 1.807) is 13.1 Å². The van der Waals surface area contributed by atoms with E-state index in [-0.39, 0.29) is 40.7 Å². The third-order valence-corrected chi connectivity index (χ3v) is 10.1. The van der Waals surface area contributed by atoms with Gasteiger partial charge in [-0.05, 0) is 38.6 Å². The van der Waals surface area contributed by atoms with Gasteiger partial charge in [0.15, 0.2) is 17.9 Å². The molecule has 2 saturated heterocycles. The standard InChI is InChI=1S/C35H42N2O12/c1-4-37-11-12-47-24(37)9-6-10-36-20-13-25(48-17(2)30(20)40)49-22-15-35(45,23(39)16-38)14-19-27(22)34(44)29-28(32(19)42)31(41)18-7-5-8-21(46-3)26(18)33(29)43/h4-5,7-8,17,20,22,24-25,30,36,38,40,42,44-45H,1,6,9-16H2,2-3H3/t17-,20-,22-,24?,25-,30+,35-/m0/s1. The molecule has 0 spiro atoms. The number of aliphatic hydroxyl groups is 3. The van der Waals surface area contributed by atoms with Crippen molar-refractivity contribution in [3.8, 4) is 17.2 Å². The number of hydrogen-bond acceptors (Lipinski definition) is 14. The summed E-state index contributed by atoms with van der Waals surface area (Å²) in [7, 11) is 1.33. The zero-order valence-electron chi connectivity index (χ0n) is 27.4. The zero-order chi connectivity index (χ0) is 35.2. The molecule has 0 bridgehead atoms. The Hall–Kier alpha value is -3.89.